The van der Waals surface area contributed by atoms with Gasteiger partial charge in [-0.1, -0.05) is 38.1 Å². The van der Waals surface area contributed by atoms with Crippen molar-refractivity contribution in [1.29, 1.82) is 0 Å². The van der Waals surface area contributed by atoms with Gasteiger partial charge >= 0.3 is 0 Å². The minimum absolute atomic E-state index is 0.547. The molecule has 0 radical (unpaired) electrons. The number of hydrogen-bond acceptors (Lipinski definition) is 1. The van der Waals surface area contributed by atoms with Crippen molar-refractivity contribution in [1.82, 2.24) is 4.98 Å². The molecule has 0 aliphatic heterocycles. The lowest BCUT2D eigenvalue weighted by Crippen LogP contribution is -1.91. The van der Waals surface area contributed by atoms with Gasteiger partial charge in [-0.3, -0.25) is 4.98 Å². The van der Waals surface area contributed by atoms with Crippen LogP contribution in [0, 0.1) is 6.92 Å². The Bertz CT molecular complexity index is 486. The zero-order chi connectivity index (χ0) is 11.5. The van der Waals surface area contributed by atoms with E-state index in [1.807, 2.05) is 6.20 Å². The lowest BCUT2D eigenvalue weighted by Gasteiger charge is -2.09. The summed E-state index contributed by atoms with van der Waals surface area (Å²) in [4.78, 5) is 4.45. The van der Waals surface area contributed by atoms with Gasteiger partial charge < -0.3 is 0 Å². The molecule has 0 unspecified atom stereocenters. The van der Waals surface area contributed by atoms with Crippen molar-refractivity contribution in [2.24, 2.45) is 0 Å². The van der Waals surface area contributed by atoms with Crippen molar-refractivity contribution >= 4 is 0 Å². The molecule has 0 atom stereocenters. The summed E-state index contributed by atoms with van der Waals surface area (Å²) in [6, 6.07) is 12.7. The molecule has 0 bridgehead atoms. The molecule has 16 heavy (non-hydrogen) atoms. The quantitative estimate of drug-likeness (QED) is 0.726. The standard InChI is InChI=1S/C15H17N/c1-11(2)13-8-9-16-15(10-13)14-7-5-4-6-12(14)3/h4-11H,1-3H3. The van der Waals surface area contributed by atoms with E-state index in [4.69, 9.17) is 0 Å². The smallest absolute Gasteiger partial charge is 0.0707 e. The van der Waals surface area contributed by atoms with Gasteiger partial charge in [0.15, 0.2) is 0 Å². The molecule has 1 heteroatoms. The Morgan fingerprint density at radius 3 is 2.50 bits per heavy atom. The fourth-order valence-electron chi connectivity index (χ4n) is 1.81. The monoisotopic (exact) mass is 211 g/mol. The lowest BCUT2D eigenvalue weighted by atomic mass is 10.00. The maximum absolute atomic E-state index is 4.45. The van der Waals surface area contributed by atoms with E-state index in [1.165, 1.54) is 16.7 Å². The van der Waals surface area contributed by atoms with Gasteiger partial charge in [0.2, 0.25) is 0 Å². The molecule has 0 saturated carbocycles. The van der Waals surface area contributed by atoms with Gasteiger partial charge in [-0.15, -0.1) is 0 Å². The number of hydrogen-bond donors (Lipinski definition) is 0. The maximum atomic E-state index is 4.45. The lowest BCUT2D eigenvalue weighted by molar-refractivity contribution is 0.863. The molecule has 1 aromatic heterocycles. The van der Waals surface area contributed by atoms with E-state index < -0.39 is 0 Å². The Balaban J connectivity index is 2.49. The van der Waals surface area contributed by atoms with Crippen LogP contribution < -0.4 is 0 Å². The fourth-order valence-corrected chi connectivity index (χ4v) is 1.81. The predicted octanol–water partition coefficient (Wildman–Crippen LogP) is 4.18. The van der Waals surface area contributed by atoms with Crippen molar-refractivity contribution in [3.63, 3.8) is 0 Å². The minimum atomic E-state index is 0.547. The second-order valence-corrected chi connectivity index (χ2v) is 4.44. The van der Waals surface area contributed by atoms with Crippen molar-refractivity contribution in [2.45, 2.75) is 26.7 Å². The molecule has 0 spiro atoms. The van der Waals surface area contributed by atoms with Gasteiger partial charge in [0, 0.05) is 11.8 Å². The molecule has 2 rings (SSSR count). The Hall–Kier alpha value is -1.63. The average molecular weight is 211 g/mol. The topological polar surface area (TPSA) is 12.9 Å². The molecule has 0 fully saturated rings. The first-order chi connectivity index (χ1) is 7.68. The molecule has 1 nitrogen and oxygen atoms in total. The second-order valence-electron chi connectivity index (χ2n) is 4.44. The van der Waals surface area contributed by atoms with Crippen LogP contribution in [-0.4, -0.2) is 4.98 Å². The normalized spacial score (nSPS) is 10.8. The van der Waals surface area contributed by atoms with Crippen LogP contribution in [0.15, 0.2) is 42.6 Å². The van der Waals surface area contributed by atoms with E-state index in [0.717, 1.165) is 5.69 Å². The van der Waals surface area contributed by atoms with Crippen LogP contribution in [0.1, 0.15) is 30.9 Å². The Morgan fingerprint density at radius 1 is 1.06 bits per heavy atom. The number of pyridine rings is 1. The molecule has 1 aromatic carbocycles. The predicted molar refractivity (Wildman–Crippen MR) is 68.5 cm³/mol. The Kier molecular flexibility index (Phi) is 3.04. The molecule has 0 saturated heterocycles. The van der Waals surface area contributed by atoms with Crippen LogP contribution in [0.25, 0.3) is 11.3 Å². The largest absolute Gasteiger partial charge is 0.256 e. The third kappa shape index (κ3) is 2.13. The summed E-state index contributed by atoms with van der Waals surface area (Å²) in [5, 5.41) is 0. The van der Waals surface area contributed by atoms with Crippen LogP contribution in [0.5, 0.6) is 0 Å². The Labute approximate surface area is 97.2 Å². The van der Waals surface area contributed by atoms with Crippen LogP contribution in [-0.2, 0) is 0 Å². The van der Waals surface area contributed by atoms with Crippen LogP contribution >= 0.6 is 0 Å². The van der Waals surface area contributed by atoms with E-state index in [9.17, 15) is 0 Å². The molecule has 0 aliphatic rings. The van der Waals surface area contributed by atoms with Gasteiger partial charge in [0.25, 0.3) is 0 Å². The SMILES string of the molecule is Cc1ccccc1-c1cc(C(C)C)ccn1. The summed E-state index contributed by atoms with van der Waals surface area (Å²) in [5.74, 6) is 0.547. The van der Waals surface area contributed by atoms with Gasteiger partial charge in [-0.25, -0.2) is 0 Å². The first-order valence-electron chi connectivity index (χ1n) is 5.70. The van der Waals surface area contributed by atoms with Gasteiger partial charge in [0.05, 0.1) is 5.69 Å². The molecule has 82 valence electrons. The van der Waals surface area contributed by atoms with Crippen molar-refractivity contribution < 1.29 is 0 Å². The maximum Gasteiger partial charge on any atom is 0.0707 e. The van der Waals surface area contributed by atoms with E-state index in [2.05, 4.69) is 62.2 Å². The number of aromatic nitrogens is 1. The third-order valence-corrected chi connectivity index (χ3v) is 2.87. The van der Waals surface area contributed by atoms with Gasteiger partial charge in [-0.2, -0.15) is 0 Å². The minimum Gasteiger partial charge on any atom is -0.256 e. The van der Waals surface area contributed by atoms with Crippen molar-refractivity contribution in [3.8, 4) is 11.3 Å². The molecular weight excluding hydrogens is 194 g/mol. The molecule has 0 N–H and O–H groups in total. The number of benzene rings is 1. The van der Waals surface area contributed by atoms with Gasteiger partial charge in [-0.05, 0) is 36.1 Å². The average Bonchev–Trinajstić information content (AvgIpc) is 2.30. The van der Waals surface area contributed by atoms with Gasteiger partial charge in [0.1, 0.15) is 0 Å². The van der Waals surface area contributed by atoms with E-state index in [-0.39, 0.29) is 0 Å². The molecule has 0 amide bonds. The highest BCUT2D eigenvalue weighted by molar-refractivity contribution is 5.63. The first kappa shape index (κ1) is 10.9. The summed E-state index contributed by atoms with van der Waals surface area (Å²) in [7, 11) is 0. The summed E-state index contributed by atoms with van der Waals surface area (Å²) in [6.45, 7) is 6.53. The summed E-state index contributed by atoms with van der Waals surface area (Å²) < 4.78 is 0. The fraction of sp³-hybridized carbons (Fsp3) is 0.267. The first-order valence-corrected chi connectivity index (χ1v) is 5.70. The number of rotatable bonds is 2. The van der Waals surface area contributed by atoms with Crippen molar-refractivity contribution in [2.75, 3.05) is 0 Å². The highest BCUT2D eigenvalue weighted by Crippen LogP contribution is 2.24. The van der Waals surface area contributed by atoms with Crippen LogP contribution in [0.3, 0.4) is 0 Å². The summed E-state index contributed by atoms with van der Waals surface area (Å²) >= 11 is 0. The molecule has 0 aliphatic carbocycles. The molecular formula is C15H17N. The van der Waals surface area contributed by atoms with E-state index >= 15 is 0 Å². The number of aryl methyl sites for hydroxylation is 1. The zero-order valence-electron chi connectivity index (χ0n) is 10.1. The highest BCUT2D eigenvalue weighted by Gasteiger charge is 2.05. The highest BCUT2D eigenvalue weighted by atomic mass is 14.7. The Morgan fingerprint density at radius 2 is 1.81 bits per heavy atom. The number of nitrogens with zero attached hydrogens (tertiary/aromatic N) is 1. The second kappa shape index (κ2) is 4.48. The van der Waals surface area contributed by atoms with Crippen LogP contribution in [0.2, 0.25) is 0 Å². The van der Waals surface area contributed by atoms with Crippen LogP contribution in [0.4, 0.5) is 0 Å². The van der Waals surface area contributed by atoms with E-state index in [1.54, 1.807) is 0 Å². The summed E-state index contributed by atoms with van der Waals surface area (Å²) in [6.07, 6.45) is 1.90. The summed E-state index contributed by atoms with van der Waals surface area (Å²) in [5.41, 5.74) is 4.92. The third-order valence-electron chi connectivity index (χ3n) is 2.87. The zero-order valence-corrected chi connectivity index (χ0v) is 10.1. The van der Waals surface area contributed by atoms with E-state index in [0.29, 0.717) is 5.92 Å². The molecule has 2 aromatic rings. The molecule has 1 heterocycles. The van der Waals surface area contributed by atoms with Crippen molar-refractivity contribution in [3.05, 3.63) is 53.7 Å².